The number of ether oxygens (including phenoxy) is 3. The molecule has 0 saturated carbocycles. The first kappa shape index (κ1) is 25.6. The summed E-state index contributed by atoms with van der Waals surface area (Å²) in [5, 5.41) is 4.18. The molecule has 162 valence electrons. The van der Waals surface area contributed by atoms with Crippen molar-refractivity contribution in [3.05, 3.63) is 58.6 Å². The average Bonchev–Trinajstić information content (AvgIpc) is 2.71. The van der Waals surface area contributed by atoms with Crippen molar-refractivity contribution in [1.29, 1.82) is 0 Å². The van der Waals surface area contributed by atoms with E-state index in [-0.39, 0.29) is 12.4 Å². The minimum absolute atomic E-state index is 0. The highest BCUT2D eigenvalue weighted by Crippen LogP contribution is 2.29. The number of hydrogen-bond donors (Lipinski definition) is 1. The van der Waals surface area contributed by atoms with Crippen LogP contribution in [-0.2, 0) is 17.9 Å². The Morgan fingerprint density at radius 2 is 1.59 bits per heavy atom. The Hall–Kier alpha value is -1.46. The van der Waals surface area contributed by atoms with E-state index in [1.165, 1.54) is 12.0 Å². The zero-order valence-electron chi connectivity index (χ0n) is 17.4. The maximum atomic E-state index is 5.96. The Labute approximate surface area is 186 Å². The van der Waals surface area contributed by atoms with Crippen LogP contribution in [-0.4, -0.2) is 26.4 Å². The molecule has 0 unspecified atom stereocenters. The summed E-state index contributed by atoms with van der Waals surface area (Å²) in [5.41, 5.74) is 2.24. The smallest absolute Gasteiger partial charge is 0.161 e. The van der Waals surface area contributed by atoms with Crippen LogP contribution in [0.2, 0.25) is 5.02 Å². The van der Waals surface area contributed by atoms with Crippen molar-refractivity contribution in [3.63, 3.8) is 0 Å². The summed E-state index contributed by atoms with van der Waals surface area (Å²) < 4.78 is 17.3. The molecule has 0 amide bonds. The number of halogens is 2. The van der Waals surface area contributed by atoms with Crippen LogP contribution in [0.15, 0.2) is 42.5 Å². The Kier molecular flexibility index (Phi) is 13.6. The monoisotopic (exact) mass is 441 g/mol. The fourth-order valence-corrected chi connectivity index (χ4v) is 2.80. The fourth-order valence-electron chi connectivity index (χ4n) is 2.67. The van der Waals surface area contributed by atoms with Crippen LogP contribution < -0.4 is 14.8 Å². The Morgan fingerprint density at radius 1 is 0.862 bits per heavy atom. The van der Waals surface area contributed by atoms with Crippen molar-refractivity contribution < 1.29 is 14.2 Å². The SMILES string of the molecule is CCCCOCCCNCc1ccc(OCc2ccc(Cl)cc2)c(OCC)c1.Cl. The largest absolute Gasteiger partial charge is 0.490 e. The minimum Gasteiger partial charge on any atom is -0.490 e. The lowest BCUT2D eigenvalue weighted by molar-refractivity contribution is 0.129. The lowest BCUT2D eigenvalue weighted by Gasteiger charge is -2.14. The fraction of sp³-hybridized carbons (Fsp3) is 0.478. The van der Waals surface area contributed by atoms with Crippen molar-refractivity contribution in [3.8, 4) is 11.5 Å². The third-order valence-electron chi connectivity index (χ3n) is 4.23. The summed E-state index contributed by atoms with van der Waals surface area (Å²) in [6.45, 7) is 8.65. The molecular formula is C23H33Cl2NO3. The van der Waals surface area contributed by atoms with Gasteiger partial charge in [-0.3, -0.25) is 0 Å². The van der Waals surface area contributed by atoms with Crippen LogP contribution in [0, 0.1) is 0 Å². The molecule has 0 radical (unpaired) electrons. The van der Waals surface area contributed by atoms with Crippen LogP contribution in [0.5, 0.6) is 11.5 Å². The van der Waals surface area contributed by atoms with E-state index in [4.69, 9.17) is 25.8 Å². The molecule has 0 aliphatic rings. The Morgan fingerprint density at radius 3 is 2.31 bits per heavy atom. The van der Waals surface area contributed by atoms with Crippen LogP contribution >= 0.6 is 24.0 Å². The molecule has 2 aromatic carbocycles. The van der Waals surface area contributed by atoms with Crippen molar-refractivity contribution in [2.24, 2.45) is 0 Å². The van der Waals surface area contributed by atoms with Crippen molar-refractivity contribution in [2.45, 2.75) is 46.3 Å². The third-order valence-corrected chi connectivity index (χ3v) is 4.48. The molecule has 2 rings (SSSR count). The van der Waals surface area contributed by atoms with E-state index in [1.54, 1.807) is 0 Å². The molecule has 0 spiro atoms. The lowest BCUT2D eigenvalue weighted by Crippen LogP contribution is -2.16. The van der Waals surface area contributed by atoms with Crippen LogP contribution in [0.25, 0.3) is 0 Å². The predicted molar refractivity (Wildman–Crippen MR) is 123 cm³/mol. The van der Waals surface area contributed by atoms with E-state index in [2.05, 4.69) is 18.3 Å². The van der Waals surface area contributed by atoms with Gasteiger partial charge in [0.25, 0.3) is 0 Å². The van der Waals surface area contributed by atoms with Gasteiger partial charge in [0, 0.05) is 24.8 Å². The topological polar surface area (TPSA) is 39.7 Å². The van der Waals surface area contributed by atoms with Crippen LogP contribution in [0.4, 0.5) is 0 Å². The number of nitrogens with one attached hydrogen (secondary N) is 1. The maximum absolute atomic E-state index is 5.96. The van der Waals surface area contributed by atoms with Gasteiger partial charge in [-0.15, -0.1) is 12.4 Å². The second kappa shape index (κ2) is 15.4. The normalized spacial score (nSPS) is 10.4. The van der Waals surface area contributed by atoms with Gasteiger partial charge < -0.3 is 19.5 Å². The summed E-state index contributed by atoms with van der Waals surface area (Å²) in [6, 6.07) is 13.8. The maximum Gasteiger partial charge on any atom is 0.161 e. The van der Waals surface area contributed by atoms with Gasteiger partial charge in [0.1, 0.15) is 6.61 Å². The Bertz CT molecular complexity index is 680. The van der Waals surface area contributed by atoms with Crippen LogP contribution in [0.1, 0.15) is 44.2 Å². The average molecular weight is 442 g/mol. The van der Waals surface area contributed by atoms with Crippen molar-refractivity contribution in [2.75, 3.05) is 26.4 Å². The zero-order chi connectivity index (χ0) is 20.0. The van der Waals surface area contributed by atoms with Gasteiger partial charge in [0.2, 0.25) is 0 Å². The molecule has 6 heteroatoms. The third kappa shape index (κ3) is 10.2. The van der Waals surface area contributed by atoms with E-state index in [0.29, 0.717) is 13.2 Å². The van der Waals surface area contributed by atoms with Gasteiger partial charge in [-0.1, -0.05) is 43.1 Å². The van der Waals surface area contributed by atoms with Gasteiger partial charge in [-0.05, 0) is 61.7 Å². The summed E-state index contributed by atoms with van der Waals surface area (Å²) in [5.74, 6) is 1.53. The zero-order valence-corrected chi connectivity index (χ0v) is 19.0. The van der Waals surface area contributed by atoms with Gasteiger partial charge >= 0.3 is 0 Å². The molecule has 1 N–H and O–H groups in total. The van der Waals surface area contributed by atoms with E-state index in [9.17, 15) is 0 Å². The standard InChI is InChI=1S/C23H32ClNO3.ClH/c1-3-5-14-26-15-6-13-25-17-20-9-12-22(23(16-20)27-4-2)28-18-19-7-10-21(24)11-8-19;/h7-12,16,25H,3-6,13-15,17-18H2,1-2H3;1H. The van der Waals surface area contributed by atoms with E-state index < -0.39 is 0 Å². The van der Waals surface area contributed by atoms with E-state index in [0.717, 1.165) is 61.2 Å². The van der Waals surface area contributed by atoms with Crippen molar-refractivity contribution in [1.82, 2.24) is 5.32 Å². The predicted octanol–water partition coefficient (Wildman–Crippen LogP) is 6.04. The highest BCUT2D eigenvalue weighted by atomic mass is 35.5. The first-order chi connectivity index (χ1) is 13.7. The molecule has 0 aromatic heterocycles. The lowest BCUT2D eigenvalue weighted by atomic mass is 10.2. The number of hydrogen-bond acceptors (Lipinski definition) is 4. The molecule has 0 aliphatic heterocycles. The quantitative estimate of drug-likeness (QED) is 0.363. The summed E-state index contributed by atoms with van der Waals surface area (Å²) in [7, 11) is 0. The summed E-state index contributed by atoms with van der Waals surface area (Å²) >= 11 is 5.93. The minimum atomic E-state index is 0. The second-order valence-corrected chi connectivity index (χ2v) is 7.06. The summed E-state index contributed by atoms with van der Waals surface area (Å²) in [4.78, 5) is 0. The molecule has 2 aromatic rings. The van der Waals surface area contributed by atoms with Crippen LogP contribution in [0.3, 0.4) is 0 Å². The van der Waals surface area contributed by atoms with Gasteiger partial charge in [-0.2, -0.15) is 0 Å². The van der Waals surface area contributed by atoms with Crippen molar-refractivity contribution >= 4 is 24.0 Å². The molecule has 0 bridgehead atoms. The molecule has 4 nitrogen and oxygen atoms in total. The second-order valence-electron chi connectivity index (χ2n) is 6.63. The first-order valence-corrected chi connectivity index (χ1v) is 10.5. The van der Waals surface area contributed by atoms with E-state index in [1.807, 2.05) is 43.3 Å². The highest BCUT2D eigenvalue weighted by molar-refractivity contribution is 6.30. The van der Waals surface area contributed by atoms with E-state index >= 15 is 0 Å². The molecule has 0 atom stereocenters. The molecular weight excluding hydrogens is 409 g/mol. The number of unbranched alkanes of at least 4 members (excludes halogenated alkanes) is 1. The molecule has 29 heavy (non-hydrogen) atoms. The van der Waals surface area contributed by atoms with Gasteiger partial charge in [0.05, 0.1) is 6.61 Å². The molecule has 0 fully saturated rings. The molecule has 0 saturated heterocycles. The van der Waals surface area contributed by atoms with Gasteiger partial charge in [0.15, 0.2) is 11.5 Å². The number of benzene rings is 2. The van der Waals surface area contributed by atoms with Gasteiger partial charge in [-0.25, -0.2) is 0 Å². The number of rotatable bonds is 14. The molecule has 0 heterocycles. The Balaban J connectivity index is 0.00000420. The first-order valence-electron chi connectivity index (χ1n) is 10.1. The summed E-state index contributed by atoms with van der Waals surface area (Å²) in [6.07, 6.45) is 3.34. The highest BCUT2D eigenvalue weighted by Gasteiger charge is 2.07. The molecule has 0 aliphatic carbocycles.